The van der Waals surface area contributed by atoms with Gasteiger partial charge in [-0.2, -0.15) is 0 Å². The van der Waals surface area contributed by atoms with E-state index in [1.807, 2.05) is 12.1 Å². The fourth-order valence-corrected chi connectivity index (χ4v) is 5.89. The highest BCUT2D eigenvalue weighted by atomic mass is 19.3. The third kappa shape index (κ3) is 4.80. The van der Waals surface area contributed by atoms with Crippen LogP contribution in [-0.2, 0) is 16.1 Å². The van der Waals surface area contributed by atoms with E-state index in [0.29, 0.717) is 31.4 Å². The van der Waals surface area contributed by atoms with Crippen molar-refractivity contribution in [2.75, 3.05) is 5.32 Å². The Hall–Kier alpha value is -2.55. The van der Waals surface area contributed by atoms with Gasteiger partial charge in [-0.15, -0.1) is 0 Å². The first kappa shape index (κ1) is 23.2. The fraction of sp³-hybridized carbons (Fsp3) is 0.640. The van der Waals surface area contributed by atoms with Crippen molar-refractivity contribution in [3.05, 3.63) is 29.3 Å². The number of anilines is 1. The van der Waals surface area contributed by atoms with Crippen molar-refractivity contribution in [3.8, 4) is 0 Å². The summed E-state index contributed by atoms with van der Waals surface area (Å²) in [6, 6.07) is 5.61. The van der Waals surface area contributed by atoms with Crippen molar-refractivity contribution in [1.82, 2.24) is 15.5 Å². The minimum Gasteiger partial charge on any atom is -0.381 e. The summed E-state index contributed by atoms with van der Waals surface area (Å²) in [6.07, 6.45) is 5.76. The Morgan fingerprint density at radius 2 is 1.71 bits per heavy atom. The number of nitrogens with one attached hydrogen (secondary N) is 3. The Labute approximate surface area is 198 Å². The van der Waals surface area contributed by atoms with Gasteiger partial charge in [-0.05, 0) is 55.9 Å². The molecule has 1 unspecified atom stereocenters. The number of alkyl halides is 2. The maximum absolute atomic E-state index is 13.5. The summed E-state index contributed by atoms with van der Waals surface area (Å²) in [7, 11) is 0. The Balaban J connectivity index is 1.24. The van der Waals surface area contributed by atoms with E-state index < -0.39 is 17.9 Å². The number of carbonyl (C=O) groups is 3. The van der Waals surface area contributed by atoms with Crippen molar-refractivity contribution in [2.24, 2.45) is 0 Å². The number of nitrogens with zero attached hydrogens (tertiary/aromatic N) is 1. The first-order valence-corrected chi connectivity index (χ1v) is 12.5. The van der Waals surface area contributed by atoms with Crippen LogP contribution in [0.3, 0.4) is 0 Å². The van der Waals surface area contributed by atoms with E-state index in [-0.39, 0.29) is 49.2 Å². The first-order chi connectivity index (χ1) is 16.3. The summed E-state index contributed by atoms with van der Waals surface area (Å²) in [5.74, 6) is -3.41. The Bertz CT molecular complexity index is 975. The molecular formula is C25H32F2N4O3. The maximum Gasteiger partial charge on any atom is 0.255 e. The highest BCUT2D eigenvalue weighted by Gasteiger charge is 2.40. The molecule has 7 nitrogen and oxygen atoms in total. The van der Waals surface area contributed by atoms with Crippen LogP contribution in [0.1, 0.15) is 80.1 Å². The Morgan fingerprint density at radius 1 is 0.971 bits per heavy atom. The molecule has 0 radical (unpaired) electrons. The molecule has 0 spiro atoms. The summed E-state index contributed by atoms with van der Waals surface area (Å²) in [6.45, 7) is 0.346. The Morgan fingerprint density at radius 3 is 2.44 bits per heavy atom. The largest absolute Gasteiger partial charge is 0.381 e. The van der Waals surface area contributed by atoms with Gasteiger partial charge in [0.05, 0.1) is 0 Å². The number of hydrogen-bond acceptors (Lipinski definition) is 5. The lowest BCUT2D eigenvalue weighted by Crippen LogP contribution is -2.52. The van der Waals surface area contributed by atoms with Gasteiger partial charge < -0.3 is 15.5 Å². The minimum atomic E-state index is -2.52. The SMILES string of the molecule is O=C1CCC(N2Cc3cc(N[C@@H]4CCCC[C@@H]4NC4CCC(F)(F)CC4)ccc3C2=O)C(=O)N1. The van der Waals surface area contributed by atoms with Crippen LogP contribution in [-0.4, -0.2) is 52.7 Å². The molecule has 1 saturated heterocycles. The van der Waals surface area contributed by atoms with Gasteiger partial charge in [-0.3, -0.25) is 19.7 Å². The van der Waals surface area contributed by atoms with Gasteiger partial charge in [-0.25, -0.2) is 8.78 Å². The second kappa shape index (κ2) is 9.24. The highest BCUT2D eigenvalue weighted by Crippen LogP contribution is 2.35. The van der Waals surface area contributed by atoms with E-state index in [1.54, 1.807) is 11.0 Å². The molecule has 3 atom stereocenters. The molecule has 0 bridgehead atoms. The molecule has 1 aromatic rings. The quantitative estimate of drug-likeness (QED) is 0.570. The van der Waals surface area contributed by atoms with Gasteiger partial charge in [0.25, 0.3) is 5.91 Å². The lowest BCUT2D eigenvalue weighted by atomic mass is 9.86. The van der Waals surface area contributed by atoms with Crippen molar-refractivity contribution in [2.45, 2.75) is 101 Å². The van der Waals surface area contributed by atoms with Gasteiger partial charge in [0.1, 0.15) is 6.04 Å². The zero-order valence-electron chi connectivity index (χ0n) is 19.2. The molecule has 3 N–H and O–H groups in total. The number of piperidine rings is 1. The predicted molar refractivity (Wildman–Crippen MR) is 122 cm³/mol. The van der Waals surface area contributed by atoms with Crippen molar-refractivity contribution < 1.29 is 23.2 Å². The fourth-order valence-electron chi connectivity index (χ4n) is 5.89. The smallest absolute Gasteiger partial charge is 0.255 e. The summed E-state index contributed by atoms with van der Waals surface area (Å²) in [5, 5.41) is 9.61. The normalized spacial score (nSPS) is 29.6. The number of hydrogen-bond donors (Lipinski definition) is 3. The molecule has 5 rings (SSSR count). The van der Waals surface area contributed by atoms with Crippen molar-refractivity contribution >= 4 is 23.4 Å². The topological polar surface area (TPSA) is 90.5 Å². The summed E-state index contributed by atoms with van der Waals surface area (Å²) >= 11 is 0. The molecule has 184 valence electrons. The molecule has 2 aliphatic heterocycles. The van der Waals surface area contributed by atoms with Crippen LogP contribution in [0.2, 0.25) is 0 Å². The first-order valence-electron chi connectivity index (χ1n) is 12.5. The monoisotopic (exact) mass is 474 g/mol. The van der Waals surface area contributed by atoms with Crippen molar-refractivity contribution in [1.29, 1.82) is 0 Å². The number of amides is 3. The molecule has 3 fully saturated rings. The molecule has 2 saturated carbocycles. The third-order valence-electron chi connectivity index (χ3n) is 7.81. The second-order valence-electron chi connectivity index (χ2n) is 10.2. The molecule has 34 heavy (non-hydrogen) atoms. The zero-order valence-corrected chi connectivity index (χ0v) is 19.2. The average molecular weight is 475 g/mol. The number of fused-ring (bicyclic) bond motifs is 1. The van der Waals surface area contributed by atoms with Gasteiger partial charge in [0, 0.05) is 55.2 Å². The molecule has 0 aromatic heterocycles. The van der Waals surface area contributed by atoms with Gasteiger partial charge in [0.15, 0.2) is 0 Å². The lowest BCUT2D eigenvalue weighted by molar-refractivity contribution is -0.136. The maximum atomic E-state index is 13.5. The predicted octanol–water partition coefficient (Wildman–Crippen LogP) is 3.34. The molecular weight excluding hydrogens is 442 g/mol. The molecule has 1 aromatic carbocycles. The zero-order chi connectivity index (χ0) is 23.9. The van der Waals surface area contributed by atoms with Crippen LogP contribution in [0.25, 0.3) is 0 Å². The van der Waals surface area contributed by atoms with E-state index in [2.05, 4.69) is 16.0 Å². The van der Waals surface area contributed by atoms with E-state index in [0.717, 1.165) is 36.9 Å². The molecule has 3 amide bonds. The van der Waals surface area contributed by atoms with Gasteiger partial charge in [0.2, 0.25) is 17.7 Å². The van der Waals surface area contributed by atoms with Gasteiger partial charge >= 0.3 is 0 Å². The Kier molecular flexibility index (Phi) is 6.31. The van der Waals surface area contributed by atoms with Crippen LogP contribution in [0, 0.1) is 0 Å². The summed E-state index contributed by atoms with van der Waals surface area (Å²) < 4.78 is 27.1. The van der Waals surface area contributed by atoms with Crippen LogP contribution >= 0.6 is 0 Å². The number of halogens is 2. The highest BCUT2D eigenvalue weighted by molar-refractivity contribution is 6.05. The average Bonchev–Trinajstić information content (AvgIpc) is 3.12. The second-order valence-corrected chi connectivity index (χ2v) is 10.2. The van der Waals surface area contributed by atoms with E-state index >= 15 is 0 Å². The lowest BCUT2D eigenvalue weighted by Gasteiger charge is -2.38. The molecule has 9 heteroatoms. The van der Waals surface area contributed by atoms with E-state index in [1.165, 1.54) is 0 Å². The van der Waals surface area contributed by atoms with Gasteiger partial charge in [-0.1, -0.05) is 12.8 Å². The van der Waals surface area contributed by atoms with Crippen LogP contribution in [0.5, 0.6) is 0 Å². The number of carbonyl (C=O) groups excluding carboxylic acids is 3. The minimum absolute atomic E-state index is 0.0436. The van der Waals surface area contributed by atoms with Crippen LogP contribution in [0.4, 0.5) is 14.5 Å². The molecule has 4 aliphatic rings. The number of benzene rings is 1. The summed E-state index contributed by atoms with van der Waals surface area (Å²) in [5.41, 5.74) is 2.39. The van der Waals surface area contributed by atoms with E-state index in [4.69, 9.17) is 0 Å². The molecule has 2 heterocycles. The van der Waals surface area contributed by atoms with Crippen LogP contribution < -0.4 is 16.0 Å². The third-order valence-corrected chi connectivity index (χ3v) is 7.81. The number of rotatable bonds is 5. The van der Waals surface area contributed by atoms with Crippen molar-refractivity contribution in [3.63, 3.8) is 0 Å². The summed E-state index contributed by atoms with van der Waals surface area (Å²) in [4.78, 5) is 38.2. The molecule has 2 aliphatic carbocycles. The standard InChI is InChI=1S/C25H32F2N4O3/c26-25(27)11-9-16(10-12-25)28-19-3-1-2-4-20(19)29-17-5-6-18-15(13-17)14-31(24(18)34)21-7-8-22(32)30-23(21)33/h5-6,13,16,19-21,28-29H,1-4,7-12,14H2,(H,30,32,33)/t19-,20+,21?/m0/s1. The number of imide groups is 1. The van der Waals surface area contributed by atoms with E-state index in [9.17, 15) is 23.2 Å². The van der Waals surface area contributed by atoms with Crippen LogP contribution in [0.15, 0.2) is 18.2 Å².